The second-order valence-corrected chi connectivity index (χ2v) is 10.1. The van der Waals surface area contributed by atoms with Crippen molar-refractivity contribution in [2.75, 3.05) is 0 Å². The molecule has 0 bridgehead atoms. The monoisotopic (exact) mass is 472 g/mol. The first-order chi connectivity index (χ1) is 18.3. The molecule has 1 atom stereocenters. The van der Waals surface area contributed by atoms with Gasteiger partial charge in [-0.05, 0) is 67.6 Å². The van der Waals surface area contributed by atoms with Gasteiger partial charge in [-0.1, -0.05) is 115 Å². The van der Waals surface area contributed by atoms with Gasteiger partial charge < -0.3 is 4.74 Å². The molecule has 2 aliphatic rings. The van der Waals surface area contributed by atoms with Crippen LogP contribution in [0.15, 0.2) is 127 Å². The molecule has 0 aromatic heterocycles. The topological polar surface area (TPSA) is 9.23 Å². The van der Waals surface area contributed by atoms with Gasteiger partial charge in [0.15, 0.2) is 0 Å². The quantitative estimate of drug-likeness (QED) is 0.237. The second-order valence-electron chi connectivity index (χ2n) is 10.1. The fourth-order valence-electron chi connectivity index (χ4n) is 6.23. The molecular weight excluding hydrogens is 448 g/mol. The van der Waals surface area contributed by atoms with Crippen LogP contribution < -0.4 is 15.2 Å². The van der Waals surface area contributed by atoms with Gasteiger partial charge in [0.1, 0.15) is 11.5 Å². The molecular formula is C36H24O. The summed E-state index contributed by atoms with van der Waals surface area (Å²) in [6.07, 6.45) is 0.949. The van der Waals surface area contributed by atoms with Crippen LogP contribution in [0.3, 0.4) is 0 Å². The maximum Gasteiger partial charge on any atom is 0.130 e. The molecule has 0 saturated carbocycles. The first kappa shape index (κ1) is 20.6. The average Bonchev–Trinajstić information content (AvgIpc) is 3.35. The highest BCUT2D eigenvalue weighted by molar-refractivity contribution is 6.08. The second kappa shape index (κ2) is 7.94. The maximum atomic E-state index is 6.37. The van der Waals surface area contributed by atoms with Crippen LogP contribution >= 0.6 is 0 Å². The van der Waals surface area contributed by atoms with Gasteiger partial charge in [-0.25, -0.2) is 0 Å². The predicted molar refractivity (Wildman–Crippen MR) is 153 cm³/mol. The summed E-state index contributed by atoms with van der Waals surface area (Å²) in [6.45, 7) is 0. The molecule has 0 saturated heterocycles. The van der Waals surface area contributed by atoms with Crippen LogP contribution in [0, 0.1) is 0 Å². The molecule has 6 aromatic rings. The first-order valence-electron chi connectivity index (χ1n) is 12.9. The Morgan fingerprint density at radius 1 is 0.514 bits per heavy atom. The Balaban J connectivity index is 1.24. The van der Waals surface area contributed by atoms with Gasteiger partial charge >= 0.3 is 0 Å². The Morgan fingerprint density at radius 2 is 1.16 bits per heavy atom. The molecule has 1 aliphatic carbocycles. The lowest BCUT2D eigenvalue weighted by atomic mass is 9.83. The molecule has 1 heteroatoms. The minimum absolute atomic E-state index is 0.273. The smallest absolute Gasteiger partial charge is 0.130 e. The fraction of sp³-hybridized carbons (Fsp3) is 0.0556. The largest absolute Gasteiger partial charge is 0.460 e. The Morgan fingerprint density at radius 3 is 2.05 bits per heavy atom. The lowest BCUT2D eigenvalue weighted by Crippen LogP contribution is -2.35. The number of ether oxygens (including phenoxy) is 1. The zero-order chi connectivity index (χ0) is 24.3. The maximum absolute atomic E-state index is 6.37. The van der Waals surface area contributed by atoms with E-state index < -0.39 is 0 Å². The van der Waals surface area contributed by atoms with E-state index in [9.17, 15) is 0 Å². The molecule has 1 nitrogen and oxygen atoms in total. The summed E-state index contributed by atoms with van der Waals surface area (Å²) in [7, 11) is 0. The van der Waals surface area contributed by atoms with Crippen molar-refractivity contribution in [1.82, 2.24) is 0 Å². The molecule has 0 amide bonds. The third-order valence-electron chi connectivity index (χ3n) is 8.07. The van der Waals surface area contributed by atoms with Crippen molar-refractivity contribution in [2.45, 2.75) is 12.3 Å². The van der Waals surface area contributed by atoms with E-state index in [2.05, 4.69) is 127 Å². The van der Waals surface area contributed by atoms with E-state index in [1.54, 1.807) is 0 Å². The predicted octanol–water partition coefficient (Wildman–Crippen LogP) is 7.55. The lowest BCUT2D eigenvalue weighted by molar-refractivity contribution is 0.508. The minimum atomic E-state index is 0.273. The fourth-order valence-corrected chi connectivity index (χ4v) is 6.23. The first-order valence-corrected chi connectivity index (χ1v) is 12.9. The third-order valence-corrected chi connectivity index (χ3v) is 8.07. The van der Waals surface area contributed by atoms with Crippen LogP contribution in [-0.2, 0) is 0 Å². The molecule has 1 aliphatic heterocycles. The summed E-state index contributed by atoms with van der Waals surface area (Å²) in [4.78, 5) is 0. The van der Waals surface area contributed by atoms with E-state index >= 15 is 0 Å². The number of hydrogen-bond donors (Lipinski definition) is 0. The van der Waals surface area contributed by atoms with E-state index in [4.69, 9.17) is 4.74 Å². The summed E-state index contributed by atoms with van der Waals surface area (Å²) in [5, 5.41) is 7.67. The van der Waals surface area contributed by atoms with Crippen molar-refractivity contribution in [3.63, 3.8) is 0 Å². The Labute approximate surface area is 215 Å². The third kappa shape index (κ3) is 3.17. The van der Waals surface area contributed by atoms with Crippen molar-refractivity contribution in [3.8, 4) is 16.9 Å². The van der Waals surface area contributed by atoms with E-state index in [0.29, 0.717) is 0 Å². The van der Waals surface area contributed by atoms with Gasteiger partial charge in [0.2, 0.25) is 0 Å². The zero-order valence-corrected chi connectivity index (χ0v) is 20.3. The summed E-state index contributed by atoms with van der Waals surface area (Å²) in [6, 6.07) is 46.2. The number of fused-ring (bicyclic) bond motifs is 7. The summed E-state index contributed by atoms with van der Waals surface area (Å²) < 4.78 is 6.37. The Kier molecular flexibility index (Phi) is 4.41. The highest BCUT2D eigenvalue weighted by atomic mass is 16.5. The minimum Gasteiger partial charge on any atom is -0.460 e. The van der Waals surface area contributed by atoms with Crippen molar-refractivity contribution in [2.24, 2.45) is 0 Å². The van der Waals surface area contributed by atoms with Crippen molar-refractivity contribution < 1.29 is 4.74 Å². The normalized spacial score (nSPS) is 15.8. The van der Waals surface area contributed by atoms with Gasteiger partial charge in [0.25, 0.3) is 0 Å². The molecule has 0 fully saturated rings. The van der Waals surface area contributed by atoms with Crippen molar-refractivity contribution in [1.29, 1.82) is 0 Å². The highest BCUT2D eigenvalue weighted by Crippen LogP contribution is 2.46. The number of rotatable bonds is 2. The van der Waals surface area contributed by atoms with Crippen LogP contribution in [0.2, 0.25) is 0 Å². The molecule has 0 spiro atoms. The van der Waals surface area contributed by atoms with Gasteiger partial charge in [0, 0.05) is 10.8 Å². The SMILES string of the molecule is c1ccc2c(c1)OC1=c3ccccc3=C(c3ccc(-c4ccc5ccc6ccccc6c5c4)cc3)CC12. The Bertz CT molecular complexity index is 1980. The van der Waals surface area contributed by atoms with Gasteiger partial charge in [-0.15, -0.1) is 0 Å². The van der Waals surface area contributed by atoms with E-state index in [1.807, 2.05) is 0 Å². The van der Waals surface area contributed by atoms with E-state index in [-0.39, 0.29) is 5.92 Å². The van der Waals surface area contributed by atoms with E-state index in [0.717, 1.165) is 17.9 Å². The van der Waals surface area contributed by atoms with Crippen LogP contribution in [0.4, 0.5) is 0 Å². The molecule has 174 valence electrons. The van der Waals surface area contributed by atoms with Gasteiger partial charge in [-0.3, -0.25) is 0 Å². The highest BCUT2D eigenvalue weighted by Gasteiger charge is 2.33. The number of hydrogen-bond acceptors (Lipinski definition) is 1. The van der Waals surface area contributed by atoms with Crippen LogP contribution in [-0.4, -0.2) is 0 Å². The van der Waals surface area contributed by atoms with Crippen molar-refractivity contribution >= 4 is 32.9 Å². The van der Waals surface area contributed by atoms with Crippen LogP contribution in [0.5, 0.6) is 5.75 Å². The van der Waals surface area contributed by atoms with Gasteiger partial charge in [-0.2, -0.15) is 0 Å². The molecule has 1 unspecified atom stereocenters. The Hall–Kier alpha value is -4.62. The molecule has 1 heterocycles. The summed E-state index contributed by atoms with van der Waals surface area (Å²) >= 11 is 0. The molecule has 0 N–H and O–H groups in total. The summed E-state index contributed by atoms with van der Waals surface area (Å²) in [5.41, 5.74) is 6.46. The number of para-hydroxylation sites is 1. The van der Waals surface area contributed by atoms with Crippen molar-refractivity contribution in [3.05, 3.63) is 149 Å². The summed E-state index contributed by atoms with van der Waals surface area (Å²) in [5.74, 6) is 2.37. The average molecular weight is 473 g/mol. The molecule has 6 aromatic carbocycles. The van der Waals surface area contributed by atoms with Crippen LogP contribution in [0.1, 0.15) is 23.5 Å². The van der Waals surface area contributed by atoms with Gasteiger partial charge in [0.05, 0.1) is 5.92 Å². The zero-order valence-electron chi connectivity index (χ0n) is 20.3. The lowest BCUT2D eigenvalue weighted by Gasteiger charge is -2.20. The standard InChI is InChI=1S/C36H24O/c1-2-8-28-24(7-1)17-18-25-19-20-27(21-32(25)28)23-13-15-26(16-14-23)33-22-34-30-10-5-6-12-35(30)37-36(34)31-11-4-3-9-29(31)33/h1-21,34H,22H2. The van der Waals surface area contributed by atoms with Crippen LogP contribution in [0.25, 0.3) is 44.0 Å². The number of benzene rings is 6. The molecule has 37 heavy (non-hydrogen) atoms. The molecule has 0 radical (unpaired) electrons. The van der Waals surface area contributed by atoms with E-state index in [1.165, 1.54) is 59.8 Å². The molecule has 8 rings (SSSR count).